The maximum atomic E-state index is 3.36. The molecule has 0 heterocycles. The fraction of sp³-hybridized carbons (Fsp3) is 0.333. The lowest BCUT2D eigenvalue weighted by molar-refractivity contribution is 0.577. The summed E-state index contributed by atoms with van der Waals surface area (Å²) in [5.74, 6) is 0. The van der Waals surface area contributed by atoms with Gasteiger partial charge < -0.3 is 5.32 Å². The zero-order valence-corrected chi connectivity index (χ0v) is 12.1. The van der Waals surface area contributed by atoms with Crippen LogP contribution in [0, 0.1) is 0 Å². The molecule has 0 aliphatic carbocycles. The molecule has 0 saturated carbocycles. The van der Waals surface area contributed by atoms with Crippen LogP contribution in [-0.2, 0) is 6.42 Å². The maximum Gasteiger partial charge on any atom is 0.0315 e. The van der Waals surface area contributed by atoms with Crippen molar-refractivity contribution in [1.29, 1.82) is 0 Å². The van der Waals surface area contributed by atoms with Gasteiger partial charge in [0.25, 0.3) is 0 Å². The molecular formula is C18H23N. The van der Waals surface area contributed by atoms with E-state index in [2.05, 4.69) is 67.7 Å². The van der Waals surface area contributed by atoms with Crippen LogP contribution in [0.5, 0.6) is 0 Å². The van der Waals surface area contributed by atoms with E-state index in [1.165, 1.54) is 22.3 Å². The van der Waals surface area contributed by atoms with E-state index in [9.17, 15) is 0 Å². The van der Waals surface area contributed by atoms with Gasteiger partial charge in [0.05, 0.1) is 0 Å². The molecule has 0 bridgehead atoms. The molecule has 1 N–H and O–H groups in total. The van der Waals surface area contributed by atoms with Crippen molar-refractivity contribution in [3.8, 4) is 11.1 Å². The third kappa shape index (κ3) is 3.24. The summed E-state index contributed by atoms with van der Waals surface area (Å²) in [6.07, 6.45) is 2.20. The minimum atomic E-state index is 0.440. The first-order valence-corrected chi connectivity index (χ1v) is 7.15. The first kappa shape index (κ1) is 13.8. The van der Waals surface area contributed by atoms with E-state index in [1.807, 2.05) is 7.05 Å². The number of rotatable bonds is 5. The standard InChI is InChI=1S/C18H23N/c1-4-14-9-11-15(12-10-14)16-7-6-8-17(13-16)18(5-2)19-3/h6-13,18-19H,4-5H2,1-3H3. The minimum absolute atomic E-state index is 0.440. The zero-order valence-electron chi connectivity index (χ0n) is 12.1. The van der Waals surface area contributed by atoms with E-state index in [4.69, 9.17) is 0 Å². The van der Waals surface area contributed by atoms with Crippen LogP contribution in [0.25, 0.3) is 11.1 Å². The van der Waals surface area contributed by atoms with E-state index in [0.717, 1.165) is 12.8 Å². The van der Waals surface area contributed by atoms with Gasteiger partial charge in [0.15, 0.2) is 0 Å². The average molecular weight is 253 g/mol. The highest BCUT2D eigenvalue weighted by Crippen LogP contribution is 2.24. The van der Waals surface area contributed by atoms with Gasteiger partial charge in [0, 0.05) is 6.04 Å². The van der Waals surface area contributed by atoms with Crippen LogP contribution in [0.4, 0.5) is 0 Å². The minimum Gasteiger partial charge on any atom is -0.313 e. The fourth-order valence-corrected chi connectivity index (χ4v) is 2.47. The Balaban J connectivity index is 2.31. The second-order valence-electron chi connectivity index (χ2n) is 4.93. The highest BCUT2D eigenvalue weighted by atomic mass is 14.9. The quantitative estimate of drug-likeness (QED) is 0.822. The monoisotopic (exact) mass is 253 g/mol. The van der Waals surface area contributed by atoms with E-state index < -0.39 is 0 Å². The molecule has 1 nitrogen and oxygen atoms in total. The third-order valence-corrected chi connectivity index (χ3v) is 3.74. The molecule has 1 heteroatoms. The fourth-order valence-electron chi connectivity index (χ4n) is 2.47. The predicted octanol–water partition coefficient (Wildman–Crippen LogP) is 4.59. The predicted molar refractivity (Wildman–Crippen MR) is 83.3 cm³/mol. The number of hydrogen-bond acceptors (Lipinski definition) is 1. The highest BCUT2D eigenvalue weighted by Gasteiger charge is 2.07. The SMILES string of the molecule is CCc1ccc(-c2cccc(C(CC)NC)c2)cc1. The number of hydrogen-bond donors (Lipinski definition) is 1. The molecular weight excluding hydrogens is 230 g/mol. The Kier molecular flexibility index (Phi) is 4.75. The van der Waals surface area contributed by atoms with Crippen LogP contribution in [0.15, 0.2) is 48.5 Å². The second-order valence-corrected chi connectivity index (χ2v) is 4.93. The van der Waals surface area contributed by atoms with E-state index in [0.29, 0.717) is 6.04 Å². The molecule has 0 aromatic heterocycles. The summed E-state index contributed by atoms with van der Waals surface area (Å²) in [5.41, 5.74) is 5.35. The summed E-state index contributed by atoms with van der Waals surface area (Å²) in [5, 5.41) is 3.36. The lowest BCUT2D eigenvalue weighted by Gasteiger charge is -2.15. The van der Waals surface area contributed by atoms with E-state index in [1.54, 1.807) is 0 Å². The summed E-state index contributed by atoms with van der Waals surface area (Å²) in [7, 11) is 2.02. The van der Waals surface area contributed by atoms with Gasteiger partial charge >= 0.3 is 0 Å². The largest absolute Gasteiger partial charge is 0.313 e. The average Bonchev–Trinajstić information content (AvgIpc) is 2.49. The molecule has 0 spiro atoms. The Hall–Kier alpha value is -1.60. The van der Waals surface area contributed by atoms with Crippen molar-refractivity contribution in [2.24, 2.45) is 0 Å². The third-order valence-electron chi connectivity index (χ3n) is 3.74. The summed E-state index contributed by atoms with van der Waals surface area (Å²) in [4.78, 5) is 0. The van der Waals surface area contributed by atoms with Gasteiger partial charge in [-0.1, -0.05) is 56.3 Å². The van der Waals surface area contributed by atoms with Crippen molar-refractivity contribution in [1.82, 2.24) is 5.32 Å². The Morgan fingerprint density at radius 1 is 0.947 bits per heavy atom. The van der Waals surface area contributed by atoms with Gasteiger partial charge in [-0.05, 0) is 48.2 Å². The Labute approximate surface area is 116 Å². The van der Waals surface area contributed by atoms with Gasteiger partial charge in [0.1, 0.15) is 0 Å². The summed E-state index contributed by atoms with van der Waals surface area (Å²) in [6.45, 7) is 4.40. The van der Waals surface area contributed by atoms with Crippen LogP contribution < -0.4 is 5.32 Å². The molecule has 0 radical (unpaired) electrons. The van der Waals surface area contributed by atoms with Crippen molar-refractivity contribution >= 4 is 0 Å². The summed E-state index contributed by atoms with van der Waals surface area (Å²) in [6, 6.07) is 18.2. The molecule has 2 aromatic carbocycles. The van der Waals surface area contributed by atoms with Crippen LogP contribution >= 0.6 is 0 Å². The van der Waals surface area contributed by atoms with Crippen molar-refractivity contribution in [2.45, 2.75) is 32.7 Å². The van der Waals surface area contributed by atoms with Crippen LogP contribution in [-0.4, -0.2) is 7.05 Å². The molecule has 0 fully saturated rings. The second kappa shape index (κ2) is 6.53. The molecule has 0 amide bonds. The van der Waals surface area contributed by atoms with Gasteiger partial charge in [-0.3, -0.25) is 0 Å². The highest BCUT2D eigenvalue weighted by molar-refractivity contribution is 5.64. The molecule has 0 aliphatic rings. The molecule has 0 saturated heterocycles. The smallest absolute Gasteiger partial charge is 0.0315 e. The van der Waals surface area contributed by atoms with Crippen molar-refractivity contribution in [2.75, 3.05) is 7.05 Å². The zero-order chi connectivity index (χ0) is 13.7. The molecule has 19 heavy (non-hydrogen) atoms. The van der Waals surface area contributed by atoms with Gasteiger partial charge in [0.2, 0.25) is 0 Å². The van der Waals surface area contributed by atoms with Gasteiger partial charge in [-0.2, -0.15) is 0 Å². The van der Waals surface area contributed by atoms with Crippen LogP contribution in [0.2, 0.25) is 0 Å². The van der Waals surface area contributed by atoms with Crippen LogP contribution in [0.1, 0.15) is 37.4 Å². The van der Waals surface area contributed by atoms with Gasteiger partial charge in [-0.15, -0.1) is 0 Å². The van der Waals surface area contributed by atoms with E-state index >= 15 is 0 Å². The van der Waals surface area contributed by atoms with Gasteiger partial charge in [-0.25, -0.2) is 0 Å². The molecule has 0 aliphatic heterocycles. The molecule has 100 valence electrons. The first-order valence-electron chi connectivity index (χ1n) is 7.15. The van der Waals surface area contributed by atoms with Crippen molar-refractivity contribution in [3.05, 3.63) is 59.7 Å². The number of aryl methyl sites for hydroxylation is 1. The lowest BCUT2D eigenvalue weighted by Crippen LogP contribution is -2.15. The van der Waals surface area contributed by atoms with E-state index in [-0.39, 0.29) is 0 Å². The molecule has 2 rings (SSSR count). The Morgan fingerprint density at radius 2 is 1.68 bits per heavy atom. The Bertz CT molecular complexity index is 509. The Morgan fingerprint density at radius 3 is 2.26 bits per heavy atom. The molecule has 1 atom stereocenters. The first-order chi connectivity index (χ1) is 9.28. The van der Waals surface area contributed by atoms with Crippen molar-refractivity contribution < 1.29 is 0 Å². The van der Waals surface area contributed by atoms with Crippen LogP contribution in [0.3, 0.4) is 0 Å². The van der Waals surface area contributed by atoms with Crippen molar-refractivity contribution in [3.63, 3.8) is 0 Å². The topological polar surface area (TPSA) is 12.0 Å². The maximum absolute atomic E-state index is 3.36. The molecule has 2 aromatic rings. The lowest BCUT2D eigenvalue weighted by atomic mass is 9.97. The summed E-state index contributed by atoms with van der Waals surface area (Å²) < 4.78 is 0. The number of benzene rings is 2. The molecule has 1 unspecified atom stereocenters. The number of nitrogens with one attached hydrogen (secondary N) is 1. The summed E-state index contributed by atoms with van der Waals surface area (Å²) >= 11 is 0. The normalized spacial score (nSPS) is 12.4.